The normalized spacial score (nSPS) is 11.9. The number of benzene rings is 9. The van der Waals surface area contributed by atoms with Crippen LogP contribution in [0.25, 0.3) is 104 Å². The molecule has 3 heteroatoms. The summed E-state index contributed by atoms with van der Waals surface area (Å²) in [6, 6.07) is 63.2. The maximum Gasteiger partial charge on any atom is 0.235 e. The molecule has 9 aromatic carbocycles. The average Bonchev–Trinajstić information content (AvgIpc) is 3.54. The molecule has 2 aromatic heterocycles. The molecule has 0 saturated heterocycles. The third kappa shape index (κ3) is 4.19. The lowest BCUT2D eigenvalue weighted by Gasteiger charge is -2.14. The van der Waals surface area contributed by atoms with Crippen molar-refractivity contribution < 1.29 is 0 Å². The third-order valence-corrected chi connectivity index (χ3v) is 10.6. The SMILES string of the molecule is c1ccc2c(-c3ccc(-c4nc(-n5c6ccccc6c6ccc7ccc8c9ccccc9ccc8c7c65)nc5ccccc45)cc3)cccc2c1. The molecule has 0 spiro atoms. The zero-order valence-corrected chi connectivity index (χ0v) is 27.6. The van der Waals surface area contributed by atoms with Gasteiger partial charge in [-0.1, -0.05) is 164 Å². The molecule has 0 atom stereocenters. The number of nitrogens with zero attached hydrogens (tertiary/aromatic N) is 3. The second-order valence-electron chi connectivity index (χ2n) is 13.4. The molecule has 0 aliphatic rings. The van der Waals surface area contributed by atoms with Gasteiger partial charge < -0.3 is 0 Å². The van der Waals surface area contributed by atoms with Crippen LogP contribution < -0.4 is 0 Å². The van der Waals surface area contributed by atoms with E-state index in [1.807, 2.05) is 0 Å². The highest BCUT2D eigenvalue weighted by molar-refractivity contribution is 6.28. The van der Waals surface area contributed by atoms with Gasteiger partial charge in [0, 0.05) is 27.1 Å². The van der Waals surface area contributed by atoms with Crippen LogP contribution >= 0.6 is 0 Å². The van der Waals surface area contributed by atoms with Gasteiger partial charge in [-0.2, -0.15) is 0 Å². The molecule has 236 valence electrons. The Kier molecular flexibility index (Phi) is 5.96. The molecule has 0 unspecified atom stereocenters. The van der Waals surface area contributed by atoms with Crippen LogP contribution in [0.1, 0.15) is 0 Å². The number of fused-ring (bicyclic) bond motifs is 11. The number of hydrogen-bond donors (Lipinski definition) is 0. The minimum Gasteiger partial charge on any atom is -0.277 e. The zero-order chi connectivity index (χ0) is 33.5. The van der Waals surface area contributed by atoms with Crippen LogP contribution in [-0.4, -0.2) is 14.5 Å². The van der Waals surface area contributed by atoms with E-state index in [1.54, 1.807) is 0 Å². The molecular weight excluding hydrogens is 619 g/mol. The Morgan fingerprint density at radius 3 is 1.80 bits per heavy atom. The summed E-state index contributed by atoms with van der Waals surface area (Å²) in [6.45, 7) is 0. The summed E-state index contributed by atoms with van der Waals surface area (Å²) in [7, 11) is 0. The van der Waals surface area contributed by atoms with Crippen LogP contribution in [0, 0.1) is 0 Å². The van der Waals surface area contributed by atoms with Gasteiger partial charge in [-0.15, -0.1) is 0 Å². The van der Waals surface area contributed by atoms with Crippen molar-refractivity contribution in [3.05, 3.63) is 176 Å². The molecule has 0 saturated carbocycles. The molecule has 2 heterocycles. The van der Waals surface area contributed by atoms with Gasteiger partial charge in [0.1, 0.15) is 0 Å². The Morgan fingerprint density at radius 2 is 0.961 bits per heavy atom. The first-order chi connectivity index (χ1) is 25.3. The van der Waals surface area contributed by atoms with Gasteiger partial charge in [0.15, 0.2) is 0 Å². The predicted octanol–water partition coefficient (Wildman–Crippen LogP) is 12.7. The third-order valence-electron chi connectivity index (χ3n) is 10.6. The fraction of sp³-hybridized carbons (Fsp3) is 0. The monoisotopic (exact) mass is 647 g/mol. The van der Waals surface area contributed by atoms with Crippen LogP contribution in [0.3, 0.4) is 0 Å². The standard InChI is InChI=1S/C48H29N3/c1-3-13-35-30(10-1)12-9-17-36(35)32-20-22-34(23-21-32)46-42-16-5-7-18-43(42)49-48(50-46)51-44-19-8-6-15-39(44)41-29-26-33-25-27-38-37-14-4-2-11-31(37)24-28-40(38)45(33)47(41)51/h1-29H. The van der Waals surface area contributed by atoms with E-state index in [4.69, 9.17) is 9.97 Å². The Balaban J connectivity index is 1.19. The summed E-state index contributed by atoms with van der Waals surface area (Å²) in [5.74, 6) is 0.665. The molecule has 3 nitrogen and oxygen atoms in total. The minimum absolute atomic E-state index is 0.665. The summed E-state index contributed by atoms with van der Waals surface area (Å²) < 4.78 is 2.29. The highest BCUT2D eigenvalue weighted by atomic mass is 15.2. The molecule has 0 amide bonds. The Labute approximate surface area is 293 Å². The Bertz CT molecular complexity index is 3180. The topological polar surface area (TPSA) is 30.7 Å². The molecule has 0 aliphatic carbocycles. The van der Waals surface area contributed by atoms with E-state index in [-0.39, 0.29) is 0 Å². The largest absolute Gasteiger partial charge is 0.277 e. The van der Waals surface area contributed by atoms with E-state index in [2.05, 4.69) is 180 Å². The second kappa shape index (κ2) is 10.8. The van der Waals surface area contributed by atoms with Crippen molar-refractivity contribution in [2.24, 2.45) is 0 Å². The quantitative estimate of drug-likeness (QED) is 0.179. The summed E-state index contributed by atoms with van der Waals surface area (Å²) in [5, 5.41) is 13.3. The molecule has 0 radical (unpaired) electrons. The second-order valence-corrected chi connectivity index (χ2v) is 13.4. The van der Waals surface area contributed by atoms with Crippen molar-refractivity contribution in [2.75, 3.05) is 0 Å². The van der Waals surface area contributed by atoms with Crippen LogP contribution in [0.4, 0.5) is 0 Å². The number of para-hydroxylation sites is 2. The van der Waals surface area contributed by atoms with Crippen LogP contribution in [-0.2, 0) is 0 Å². The van der Waals surface area contributed by atoms with E-state index in [0.717, 1.165) is 33.2 Å². The summed E-state index contributed by atoms with van der Waals surface area (Å²) in [6.07, 6.45) is 0. The summed E-state index contributed by atoms with van der Waals surface area (Å²) in [4.78, 5) is 10.7. The zero-order valence-electron chi connectivity index (χ0n) is 27.6. The molecule has 51 heavy (non-hydrogen) atoms. The molecule has 0 aliphatic heterocycles. The van der Waals surface area contributed by atoms with E-state index in [0.29, 0.717) is 5.95 Å². The van der Waals surface area contributed by atoms with Crippen LogP contribution in [0.5, 0.6) is 0 Å². The first-order valence-corrected chi connectivity index (χ1v) is 17.4. The first kappa shape index (κ1) is 28.0. The van der Waals surface area contributed by atoms with Crippen molar-refractivity contribution >= 4 is 75.8 Å². The maximum absolute atomic E-state index is 5.45. The van der Waals surface area contributed by atoms with Crippen LogP contribution in [0.15, 0.2) is 176 Å². The number of hydrogen-bond acceptors (Lipinski definition) is 2. The van der Waals surface area contributed by atoms with Gasteiger partial charge in [0.2, 0.25) is 5.95 Å². The van der Waals surface area contributed by atoms with E-state index in [9.17, 15) is 0 Å². The average molecular weight is 648 g/mol. The lowest BCUT2D eigenvalue weighted by atomic mass is 9.95. The van der Waals surface area contributed by atoms with Crippen molar-refractivity contribution in [1.82, 2.24) is 14.5 Å². The number of rotatable bonds is 3. The molecule has 11 aromatic rings. The number of aromatic nitrogens is 3. The van der Waals surface area contributed by atoms with Crippen LogP contribution in [0.2, 0.25) is 0 Å². The fourth-order valence-corrected chi connectivity index (χ4v) is 8.24. The maximum atomic E-state index is 5.45. The first-order valence-electron chi connectivity index (χ1n) is 17.4. The van der Waals surface area contributed by atoms with Crippen molar-refractivity contribution in [1.29, 1.82) is 0 Å². The van der Waals surface area contributed by atoms with Crippen molar-refractivity contribution in [3.63, 3.8) is 0 Å². The van der Waals surface area contributed by atoms with Gasteiger partial charge in [-0.3, -0.25) is 4.57 Å². The Hall–Kier alpha value is -6.84. The summed E-state index contributed by atoms with van der Waals surface area (Å²) >= 11 is 0. The minimum atomic E-state index is 0.665. The van der Waals surface area contributed by atoms with Gasteiger partial charge in [-0.25, -0.2) is 9.97 Å². The molecule has 0 bridgehead atoms. The highest BCUT2D eigenvalue weighted by Gasteiger charge is 2.20. The summed E-state index contributed by atoms with van der Waals surface area (Å²) in [5.41, 5.74) is 7.51. The van der Waals surface area contributed by atoms with Crippen molar-refractivity contribution in [3.8, 4) is 28.3 Å². The lowest BCUT2D eigenvalue weighted by molar-refractivity contribution is 1.02. The predicted molar refractivity (Wildman–Crippen MR) is 215 cm³/mol. The van der Waals surface area contributed by atoms with Gasteiger partial charge in [0.25, 0.3) is 0 Å². The Morgan fingerprint density at radius 1 is 0.353 bits per heavy atom. The van der Waals surface area contributed by atoms with E-state index < -0.39 is 0 Å². The lowest BCUT2D eigenvalue weighted by Crippen LogP contribution is -2.04. The highest BCUT2D eigenvalue weighted by Crippen LogP contribution is 2.41. The van der Waals surface area contributed by atoms with E-state index >= 15 is 0 Å². The van der Waals surface area contributed by atoms with Gasteiger partial charge in [0.05, 0.1) is 22.2 Å². The molecule has 0 fully saturated rings. The molecule has 11 rings (SSSR count). The molecule has 0 N–H and O–H groups in total. The smallest absolute Gasteiger partial charge is 0.235 e. The van der Waals surface area contributed by atoms with Gasteiger partial charge in [-0.05, 0) is 61.0 Å². The fourth-order valence-electron chi connectivity index (χ4n) is 8.24. The van der Waals surface area contributed by atoms with Gasteiger partial charge >= 0.3 is 0 Å². The molecular formula is C48H29N3. The van der Waals surface area contributed by atoms with E-state index in [1.165, 1.54) is 65.0 Å². The van der Waals surface area contributed by atoms with Crippen molar-refractivity contribution in [2.45, 2.75) is 0 Å².